The Morgan fingerprint density at radius 2 is 2.18 bits per heavy atom. The molecule has 17 heavy (non-hydrogen) atoms. The van der Waals surface area contributed by atoms with Gasteiger partial charge in [-0.05, 0) is 39.5 Å². The summed E-state index contributed by atoms with van der Waals surface area (Å²) in [6.45, 7) is 4.21. The van der Waals surface area contributed by atoms with Crippen LogP contribution in [0.5, 0.6) is 5.75 Å². The van der Waals surface area contributed by atoms with Crippen LogP contribution in [0, 0.1) is 5.92 Å². The summed E-state index contributed by atoms with van der Waals surface area (Å²) in [5, 5.41) is 12.1. The van der Waals surface area contributed by atoms with Crippen molar-refractivity contribution in [2.75, 3.05) is 0 Å². The number of hydrogen-bond donors (Lipinski definition) is 3. The van der Waals surface area contributed by atoms with Crippen LogP contribution in [0.4, 0.5) is 0 Å². The molecule has 0 aliphatic heterocycles. The summed E-state index contributed by atoms with van der Waals surface area (Å²) in [5.41, 5.74) is 6.62. The lowest BCUT2D eigenvalue weighted by Crippen LogP contribution is -2.43. The first kappa shape index (κ1) is 14.0. The zero-order chi connectivity index (χ0) is 13.0. The minimum Gasteiger partial charge on any atom is -0.507 e. The van der Waals surface area contributed by atoms with Gasteiger partial charge in [0.25, 0.3) is 0 Å². The SMILES string of the molecule is CC(C)[C@H](N)C(=O)NCc1ccc(O)c(Br)c1. The van der Waals surface area contributed by atoms with E-state index in [0.29, 0.717) is 11.0 Å². The highest BCUT2D eigenvalue weighted by Crippen LogP contribution is 2.24. The topological polar surface area (TPSA) is 75.4 Å². The van der Waals surface area contributed by atoms with E-state index in [2.05, 4.69) is 21.2 Å². The molecular formula is C12H17BrN2O2. The lowest BCUT2D eigenvalue weighted by Gasteiger charge is -2.15. The number of rotatable bonds is 4. The maximum atomic E-state index is 11.6. The molecule has 0 heterocycles. The van der Waals surface area contributed by atoms with Crippen LogP contribution in [-0.4, -0.2) is 17.1 Å². The Bertz CT molecular complexity index is 407. The molecule has 0 fully saturated rings. The third-order valence-electron chi connectivity index (χ3n) is 2.50. The van der Waals surface area contributed by atoms with Crippen LogP contribution in [0.15, 0.2) is 22.7 Å². The lowest BCUT2D eigenvalue weighted by atomic mass is 10.0. The number of nitrogens with two attached hydrogens (primary N) is 1. The molecule has 0 aromatic heterocycles. The molecule has 5 heteroatoms. The molecular weight excluding hydrogens is 284 g/mol. The second-order valence-electron chi connectivity index (χ2n) is 4.27. The predicted octanol–water partition coefficient (Wildman–Crippen LogP) is 1.75. The standard InChI is InChI=1S/C12H17BrN2O2/c1-7(2)11(14)12(17)15-6-8-3-4-10(16)9(13)5-8/h3-5,7,11,16H,6,14H2,1-2H3,(H,15,17)/t11-/m0/s1. The van der Waals surface area contributed by atoms with Crippen molar-refractivity contribution in [2.45, 2.75) is 26.4 Å². The Hall–Kier alpha value is -1.07. The fourth-order valence-corrected chi connectivity index (χ4v) is 1.70. The van der Waals surface area contributed by atoms with E-state index in [4.69, 9.17) is 5.73 Å². The quantitative estimate of drug-likeness (QED) is 0.793. The fourth-order valence-electron chi connectivity index (χ4n) is 1.27. The molecule has 0 saturated heterocycles. The van der Waals surface area contributed by atoms with E-state index < -0.39 is 6.04 Å². The van der Waals surface area contributed by atoms with Crippen LogP contribution in [0.2, 0.25) is 0 Å². The fraction of sp³-hybridized carbons (Fsp3) is 0.417. The highest BCUT2D eigenvalue weighted by Gasteiger charge is 2.16. The summed E-state index contributed by atoms with van der Waals surface area (Å²) < 4.78 is 0.609. The largest absolute Gasteiger partial charge is 0.507 e. The van der Waals surface area contributed by atoms with Gasteiger partial charge < -0.3 is 16.2 Å². The summed E-state index contributed by atoms with van der Waals surface area (Å²) in [6, 6.07) is 4.60. The molecule has 0 unspecified atom stereocenters. The molecule has 4 nitrogen and oxygen atoms in total. The van der Waals surface area contributed by atoms with Gasteiger partial charge in [-0.2, -0.15) is 0 Å². The maximum absolute atomic E-state index is 11.6. The third-order valence-corrected chi connectivity index (χ3v) is 3.13. The number of carbonyl (C=O) groups excluding carboxylic acids is 1. The molecule has 1 aromatic carbocycles. The van der Waals surface area contributed by atoms with Gasteiger partial charge in [-0.1, -0.05) is 19.9 Å². The first-order valence-corrected chi connectivity index (χ1v) is 6.21. The Kier molecular flexibility index (Phi) is 4.96. The normalized spacial score (nSPS) is 12.5. The Labute approximate surface area is 109 Å². The first-order valence-electron chi connectivity index (χ1n) is 5.42. The number of amides is 1. The van der Waals surface area contributed by atoms with Crippen molar-refractivity contribution in [3.05, 3.63) is 28.2 Å². The number of halogens is 1. The minimum absolute atomic E-state index is 0.113. The van der Waals surface area contributed by atoms with Crippen molar-refractivity contribution >= 4 is 21.8 Å². The number of nitrogens with one attached hydrogen (secondary N) is 1. The maximum Gasteiger partial charge on any atom is 0.237 e. The van der Waals surface area contributed by atoms with Crippen molar-refractivity contribution in [2.24, 2.45) is 11.7 Å². The van der Waals surface area contributed by atoms with Gasteiger partial charge in [-0.15, -0.1) is 0 Å². The second-order valence-corrected chi connectivity index (χ2v) is 5.13. The molecule has 1 amide bonds. The van der Waals surface area contributed by atoms with Crippen LogP contribution >= 0.6 is 15.9 Å². The zero-order valence-electron chi connectivity index (χ0n) is 9.90. The van der Waals surface area contributed by atoms with E-state index in [1.165, 1.54) is 0 Å². The monoisotopic (exact) mass is 300 g/mol. The van der Waals surface area contributed by atoms with Crippen LogP contribution in [0.3, 0.4) is 0 Å². The Morgan fingerprint density at radius 3 is 2.71 bits per heavy atom. The molecule has 0 aliphatic rings. The average Bonchev–Trinajstić information content (AvgIpc) is 2.29. The number of aromatic hydroxyl groups is 1. The molecule has 0 saturated carbocycles. The lowest BCUT2D eigenvalue weighted by molar-refractivity contribution is -0.123. The highest BCUT2D eigenvalue weighted by molar-refractivity contribution is 9.10. The summed E-state index contributed by atoms with van der Waals surface area (Å²) in [6.07, 6.45) is 0. The number of carbonyl (C=O) groups is 1. The van der Waals surface area contributed by atoms with E-state index in [1.54, 1.807) is 18.2 Å². The van der Waals surface area contributed by atoms with E-state index in [0.717, 1.165) is 5.56 Å². The van der Waals surface area contributed by atoms with Gasteiger partial charge in [0, 0.05) is 6.54 Å². The summed E-state index contributed by atoms with van der Waals surface area (Å²) in [4.78, 5) is 11.6. The van der Waals surface area contributed by atoms with Crippen molar-refractivity contribution in [3.63, 3.8) is 0 Å². The Balaban J connectivity index is 2.56. The molecule has 1 aromatic rings. The minimum atomic E-state index is -0.490. The van der Waals surface area contributed by atoms with Crippen LogP contribution < -0.4 is 11.1 Å². The molecule has 94 valence electrons. The van der Waals surface area contributed by atoms with Gasteiger partial charge in [-0.25, -0.2) is 0 Å². The first-order chi connectivity index (χ1) is 7.91. The van der Waals surface area contributed by atoms with Crippen molar-refractivity contribution < 1.29 is 9.90 Å². The van der Waals surface area contributed by atoms with Crippen molar-refractivity contribution in [1.82, 2.24) is 5.32 Å². The number of phenols is 1. The molecule has 1 atom stereocenters. The van der Waals surface area contributed by atoms with Gasteiger partial charge in [0.1, 0.15) is 5.75 Å². The molecule has 1 rings (SSSR count). The molecule has 0 spiro atoms. The van der Waals surface area contributed by atoms with Crippen molar-refractivity contribution in [3.8, 4) is 5.75 Å². The smallest absolute Gasteiger partial charge is 0.237 e. The summed E-state index contributed by atoms with van der Waals surface area (Å²) in [7, 11) is 0. The van der Waals surface area contributed by atoms with E-state index >= 15 is 0 Å². The van der Waals surface area contributed by atoms with Crippen LogP contribution in [-0.2, 0) is 11.3 Å². The Morgan fingerprint density at radius 1 is 1.53 bits per heavy atom. The summed E-state index contributed by atoms with van der Waals surface area (Å²) in [5.74, 6) is 0.129. The van der Waals surface area contributed by atoms with Crippen molar-refractivity contribution in [1.29, 1.82) is 0 Å². The zero-order valence-corrected chi connectivity index (χ0v) is 11.5. The molecule has 4 N–H and O–H groups in total. The van der Waals surface area contributed by atoms with Gasteiger partial charge in [0.2, 0.25) is 5.91 Å². The van der Waals surface area contributed by atoms with Gasteiger partial charge >= 0.3 is 0 Å². The highest BCUT2D eigenvalue weighted by atomic mass is 79.9. The predicted molar refractivity (Wildman–Crippen MR) is 70.5 cm³/mol. The molecule has 0 aliphatic carbocycles. The van der Waals surface area contributed by atoms with Crippen LogP contribution in [0.1, 0.15) is 19.4 Å². The van der Waals surface area contributed by atoms with E-state index in [-0.39, 0.29) is 17.6 Å². The van der Waals surface area contributed by atoms with Crippen LogP contribution in [0.25, 0.3) is 0 Å². The third kappa shape index (κ3) is 4.02. The second kappa shape index (κ2) is 6.02. The van der Waals surface area contributed by atoms with E-state index in [1.807, 2.05) is 13.8 Å². The number of phenolic OH excluding ortho intramolecular Hbond substituents is 1. The number of hydrogen-bond acceptors (Lipinski definition) is 3. The van der Waals surface area contributed by atoms with Gasteiger partial charge in [-0.3, -0.25) is 4.79 Å². The molecule has 0 radical (unpaired) electrons. The average molecular weight is 301 g/mol. The summed E-state index contributed by atoms with van der Waals surface area (Å²) >= 11 is 3.22. The van der Waals surface area contributed by atoms with Gasteiger partial charge in [0.05, 0.1) is 10.5 Å². The number of benzene rings is 1. The van der Waals surface area contributed by atoms with E-state index in [9.17, 15) is 9.90 Å². The molecule has 0 bridgehead atoms. The van der Waals surface area contributed by atoms with Gasteiger partial charge in [0.15, 0.2) is 0 Å².